The molecule has 176 valence electrons. The topological polar surface area (TPSA) is 86.9 Å². The van der Waals surface area contributed by atoms with Gasteiger partial charge in [-0.15, -0.1) is 0 Å². The maximum atomic E-state index is 13.6. The van der Waals surface area contributed by atoms with Gasteiger partial charge in [-0.2, -0.15) is 0 Å². The van der Waals surface area contributed by atoms with Gasteiger partial charge in [-0.05, 0) is 37.7 Å². The fourth-order valence-corrected chi connectivity index (χ4v) is 6.24. The Balaban J connectivity index is 1.32. The Morgan fingerprint density at radius 2 is 1.91 bits per heavy atom. The lowest BCUT2D eigenvalue weighted by Crippen LogP contribution is -2.60. The Bertz CT molecular complexity index is 1000. The van der Waals surface area contributed by atoms with E-state index >= 15 is 0 Å². The van der Waals surface area contributed by atoms with Crippen LogP contribution in [0.15, 0.2) is 40.9 Å². The summed E-state index contributed by atoms with van der Waals surface area (Å²) in [7, 11) is 1.76. The lowest BCUT2D eigenvalue weighted by atomic mass is 9.69. The zero-order valence-electron chi connectivity index (χ0n) is 19.3. The summed E-state index contributed by atoms with van der Waals surface area (Å²) in [5.74, 6) is 0.417. The highest BCUT2D eigenvalue weighted by atomic mass is 16.5. The maximum Gasteiger partial charge on any atom is 0.292 e. The molecule has 0 radical (unpaired) electrons. The first-order valence-electron chi connectivity index (χ1n) is 12.2. The summed E-state index contributed by atoms with van der Waals surface area (Å²) in [6, 6.07) is 11.1. The SMILES string of the molecule is CN1C(=O)[C@]2(CCCN(C(=O)c3cc(C4CCCCC4)no3)C2)C[C@@H](O)[C@@H]1c1ccccc1. The zero-order valence-corrected chi connectivity index (χ0v) is 19.3. The van der Waals surface area contributed by atoms with Crippen molar-refractivity contribution in [3.63, 3.8) is 0 Å². The van der Waals surface area contributed by atoms with Crippen molar-refractivity contribution in [2.24, 2.45) is 5.41 Å². The molecule has 1 spiro atoms. The van der Waals surface area contributed by atoms with Crippen molar-refractivity contribution in [2.45, 2.75) is 69.4 Å². The predicted molar refractivity (Wildman–Crippen MR) is 122 cm³/mol. The van der Waals surface area contributed by atoms with E-state index < -0.39 is 11.5 Å². The van der Waals surface area contributed by atoms with Gasteiger partial charge in [0.05, 0.1) is 23.3 Å². The number of carbonyl (C=O) groups excluding carboxylic acids is 2. The highest BCUT2D eigenvalue weighted by Crippen LogP contribution is 2.45. The molecule has 1 aromatic heterocycles. The number of carbonyl (C=O) groups is 2. The fourth-order valence-electron chi connectivity index (χ4n) is 6.24. The summed E-state index contributed by atoms with van der Waals surface area (Å²) in [6.45, 7) is 0.877. The highest BCUT2D eigenvalue weighted by molar-refractivity contribution is 5.93. The van der Waals surface area contributed by atoms with Crippen LogP contribution in [-0.4, -0.2) is 58.1 Å². The minimum atomic E-state index is -0.764. The largest absolute Gasteiger partial charge is 0.391 e. The third-order valence-electron chi connectivity index (χ3n) is 7.92. The molecule has 0 unspecified atom stereocenters. The van der Waals surface area contributed by atoms with Crippen LogP contribution in [0.1, 0.15) is 85.1 Å². The predicted octanol–water partition coefficient (Wildman–Crippen LogP) is 3.91. The molecular formula is C26H33N3O4. The third kappa shape index (κ3) is 4.07. The van der Waals surface area contributed by atoms with Crippen molar-refractivity contribution >= 4 is 11.8 Å². The van der Waals surface area contributed by atoms with Gasteiger partial charge < -0.3 is 19.4 Å². The molecule has 33 heavy (non-hydrogen) atoms. The number of rotatable bonds is 3. The maximum absolute atomic E-state index is 13.6. The minimum absolute atomic E-state index is 0.000354. The van der Waals surface area contributed by atoms with Crippen molar-refractivity contribution in [1.29, 1.82) is 0 Å². The van der Waals surface area contributed by atoms with Crippen LogP contribution in [0.2, 0.25) is 0 Å². The second kappa shape index (κ2) is 8.93. The Labute approximate surface area is 194 Å². The summed E-state index contributed by atoms with van der Waals surface area (Å²) < 4.78 is 5.47. The van der Waals surface area contributed by atoms with E-state index in [1.807, 2.05) is 30.3 Å². The van der Waals surface area contributed by atoms with E-state index in [0.29, 0.717) is 31.8 Å². The molecule has 2 aromatic rings. The van der Waals surface area contributed by atoms with Crippen LogP contribution < -0.4 is 0 Å². The van der Waals surface area contributed by atoms with Crippen LogP contribution in [0.4, 0.5) is 0 Å². The first-order valence-corrected chi connectivity index (χ1v) is 12.2. The summed E-state index contributed by atoms with van der Waals surface area (Å²) in [5, 5.41) is 15.3. The van der Waals surface area contributed by atoms with Crippen molar-refractivity contribution in [2.75, 3.05) is 20.1 Å². The second-order valence-corrected chi connectivity index (χ2v) is 10.1. The van der Waals surface area contributed by atoms with Gasteiger partial charge in [-0.1, -0.05) is 54.8 Å². The Kier molecular flexibility index (Phi) is 5.99. The van der Waals surface area contributed by atoms with Gasteiger partial charge in [0.15, 0.2) is 0 Å². The first-order chi connectivity index (χ1) is 16.0. The van der Waals surface area contributed by atoms with Gasteiger partial charge in [-0.3, -0.25) is 9.59 Å². The molecule has 2 amide bonds. The van der Waals surface area contributed by atoms with E-state index in [2.05, 4.69) is 5.16 Å². The average Bonchev–Trinajstić information content (AvgIpc) is 3.34. The molecule has 0 bridgehead atoms. The molecule has 1 saturated carbocycles. The number of aliphatic hydroxyl groups is 1. The molecule has 2 saturated heterocycles. The molecule has 3 aliphatic rings. The van der Waals surface area contributed by atoms with Crippen LogP contribution in [0.3, 0.4) is 0 Å². The number of likely N-dealkylation sites (N-methyl/N-ethyl adjacent to an activating group) is 1. The normalized spacial score (nSPS) is 29.0. The molecule has 5 rings (SSSR count). The number of hydrogen-bond donors (Lipinski definition) is 1. The number of aliphatic hydroxyl groups excluding tert-OH is 1. The lowest BCUT2D eigenvalue weighted by Gasteiger charge is -2.50. The lowest BCUT2D eigenvalue weighted by molar-refractivity contribution is -0.161. The van der Waals surface area contributed by atoms with Crippen molar-refractivity contribution in [3.05, 3.63) is 53.4 Å². The van der Waals surface area contributed by atoms with Crippen LogP contribution in [0, 0.1) is 5.41 Å². The monoisotopic (exact) mass is 451 g/mol. The smallest absolute Gasteiger partial charge is 0.292 e. The molecule has 3 fully saturated rings. The summed E-state index contributed by atoms with van der Waals surface area (Å²) in [4.78, 5) is 30.3. The van der Waals surface area contributed by atoms with Crippen LogP contribution in [0.5, 0.6) is 0 Å². The Hall–Kier alpha value is -2.67. The molecular weight excluding hydrogens is 418 g/mol. The van der Waals surface area contributed by atoms with E-state index in [-0.39, 0.29) is 23.6 Å². The number of piperidine rings is 2. The molecule has 2 aliphatic heterocycles. The van der Waals surface area contributed by atoms with E-state index in [1.165, 1.54) is 19.3 Å². The van der Waals surface area contributed by atoms with Crippen LogP contribution >= 0.6 is 0 Å². The van der Waals surface area contributed by atoms with E-state index in [1.54, 1.807) is 22.9 Å². The number of aromatic nitrogens is 1. The minimum Gasteiger partial charge on any atom is -0.391 e. The second-order valence-electron chi connectivity index (χ2n) is 10.1. The molecule has 7 nitrogen and oxygen atoms in total. The first kappa shape index (κ1) is 22.1. The van der Waals surface area contributed by atoms with E-state index in [9.17, 15) is 14.7 Å². The van der Waals surface area contributed by atoms with Gasteiger partial charge >= 0.3 is 0 Å². The summed E-state index contributed by atoms with van der Waals surface area (Å²) in [5.41, 5.74) is 1.04. The van der Waals surface area contributed by atoms with Crippen molar-refractivity contribution in [3.8, 4) is 0 Å². The molecule has 1 aliphatic carbocycles. The van der Waals surface area contributed by atoms with Gasteiger partial charge in [-0.25, -0.2) is 0 Å². The number of benzene rings is 1. The van der Waals surface area contributed by atoms with Crippen molar-refractivity contribution in [1.82, 2.24) is 15.0 Å². The van der Waals surface area contributed by atoms with Gasteiger partial charge in [0.2, 0.25) is 11.7 Å². The number of nitrogens with zero attached hydrogens (tertiary/aromatic N) is 3. The van der Waals surface area contributed by atoms with Crippen molar-refractivity contribution < 1.29 is 19.2 Å². The third-order valence-corrected chi connectivity index (χ3v) is 7.92. The average molecular weight is 452 g/mol. The number of amides is 2. The van der Waals surface area contributed by atoms with Crippen LogP contribution in [-0.2, 0) is 4.79 Å². The molecule has 3 heterocycles. The summed E-state index contributed by atoms with van der Waals surface area (Å²) >= 11 is 0. The van der Waals surface area contributed by atoms with Gasteiger partial charge in [0.25, 0.3) is 5.91 Å². The van der Waals surface area contributed by atoms with Crippen LogP contribution in [0.25, 0.3) is 0 Å². The highest BCUT2D eigenvalue weighted by Gasteiger charge is 2.52. The van der Waals surface area contributed by atoms with E-state index in [0.717, 1.165) is 30.5 Å². The number of likely N-dealkylation sites (tertiary alicyclic amines) is 2. The Morgan fingerprint density at radius 1 is 1.15 bits per heavy atom. The number of hydrogen-bond acceptors (Lipinski definition) is 5. The quantitative estimate of drug-likeness (QED) is 0.765. The zero-order chi connectivity index (χ0) is 23.0. The standard InChI is InChI=1S/C26H33N3O4/c1-28-23(19-11-6-3-7-12-19)21(30)16-26(25(28)32)13-8-14-29(17-26)24(31)22-15-20(27-33-22)18-9-4-2-5-10-18/h3,6-7,11-12,15,18,21,23,30H,2,4-5,8-10,13-14,16-17H2,1H3/t21-,23+,26-/m1/s1. The van der Waals surface area contributed by atoms with Gasteiger partial charge in [0, 0.05) is 32.1 Å². The Morgan fingerprint density at radius 3 is 2.67 bits per heavy atom. The fraction of sp³-hybridized carbons (Fsp3) is 0.577. The molecule has 7 heteroatoms. The van der Waals surface area contributed by atoms with Gasteiger partial charge in [0.1, 0.15) is 0 Å². The summed E-state index contributed by atoms with van der Waals surface area (Å²) in [6.07, 6.45) is 6.88. The van der Waals surface area contributed by atoms with E-state index in [4.69, 9.17) is 4.52 Å². The molecule has 1 aromatic carbocycles. The molecule has 1 N–H and O–H groups in total. The molecule has 3 atom stereocenters.